The minimum atomic E-state index is -0.987. The monoisotopic (exact) mass is 395 g/mol. The van der Waals surface area contributed by atoms with E-state index in [1.165, 1.54) is 6.07 Å². The Hall–Kier alpha value is -3.12. The van der Waals surface area contributed by atoms with Crippen molar-refractivity contribution in [2.75, 3.05) is 0 Å². The van der Waals surface area contributed by atoms with Crippen LogP contribution in [0.2, 0.25) is 0 Å². The number of aliphatic carboxylic acids is 1. The van der Waals surface area contributed by atoms with E-state index in [2.05, 4.69) is 12.2 Å². The number of fused-ring (bicyclic) bond motifs is 1. The van der Waals surface area contributed by atoms with Crippen molar-refractivity contribution in [1.82, 2.24) is 5.32 Å². The SMILES string of the molecule is CCCCc1cc(=O)oc2c(CN[C@H](Cc3ccccc3)C(=O)O)c(O)ccc12. The molecule has 152 valence electrons. The fraction of sp³-hybridized carbons (Fsp3) is 0.304. The Morgan fingerprint density at radius 2 is 1.93 bits per heavy atom. The summed E-state index contributed by atoms with van der Waals surface area (Å²) in [6.45, 7) is 2.14. The summed E-state index contributed by atoms with van der Waals surface area (Å²) in [7, 11) is 0. The minimum absolute atomic E-state index is 0.0374. The van der Waals surface area contributed by atoms with E-state index in [9.17, 15) is 19.8 Å². The summed E-state index contributed by atoms with van der Waals surface area (Å²) >= 11 is 0. The molecule has 0 fully saturated rings. The predicted molar refractivity (Wildman–Crippen MR) is 111 cm³/mol. The smallest absolute Gasteiger partial charge is 0.336 e. The van der Waals surface area contributed by atoms with Crippen molar-refractivity contribution in [1.29, 1.82) is 0 Å². The Morgan fingerprint density at radius 1 is 1.17 bits per heavy atom. The van der Waals surface area contributed by atoms with E-state index in [0.29, 0.717) is 17.6 Å². The number of aromatic hydroxyl groups is 1. The van der Waals surface area contributed by atoms with Crippen LogP contribution in [0.25, 0.3) is 11.0 Å². The number of carbonyl (C=O) groups is 1. The molecule has 0 bridgehead atoms. The Labute approximate surface area is 168 Å². The number of rotatable bonds is 9. The van der Waals surface area contributed by atoms with Gasteiger partial charge in [0.05, 0.1) is 5.56 Å². The summed E-state index contributed by atoms with van der Waals surface area (Å²) < 4.78 is 5.40. The molecule has 3 aromatic rings. The van der Waals surface area contributed by atoms with Gasteiger partial charge >= 0.3 is 11.6 Å². The van der Waals surface area contributed by atoms with Crippen LogP contribution < -0.4 is 10.9 Å². The van der Waals surface area contributed by atoms with Crippen molar-refractivity contribution in [2.45, 2.75) is 45.2 Å². The highest BCUT2D eigenvalue weighted by molar-refractivity contribution is 5.85. The number of benzene rings is 2. The molecule has 0 radical (unpaired) electrons. The van der Waals surface area contributed by atoms with E-state index in [1.807, 2.05) is 30.3 Å². The highest BCUT2D eigenvalue weighted by Gasteiger charge is 2.20. The van der Waals surface area contributed by atoms with Crippen LogP contribution in [0.15, 0.2) is 57.7 Å². The third-order valence-corrected chi connectivity index (χ3v) is 4.98. The van der Waals surface area contributed by atoms with Crippen molar-refractivity contribution < 1.29 is 19.4 Å². The van der Waals surface area contributed by atoms with Gasteiger partial charge in [0.1, 0.15) is 17.4 Å². The van der Waals surface area contributed by atoms with Gasteiger partial charge in [-0.2, -0.15) is 0 Å². The lowest BCUT2D eigenvalue weighted by molar-refractivity contribution is -0.139. The average molecular weight is 395 g/mol. The molecule has 6 nitrogen and oxygen atoms in total. The molecule has 0 aliphatic carbocycles. The largest absolute Gasteiger partial charge is 0.507 e. The van der Waals surface area contributed by atoms with Crippen LogP contribution in [0.5, 0.6) is 5.75 Å². The van der Waals surface area contributed by atoms with E-state index in [-0.39, 0.29) is 12.3 Å². The number of hydrogen-bond donors (Lipinski definition) is 3. The maximum atomic E-state index is 12.1. The van der Waals surface area contributed by atoms with E-state index in [4.69, 9.17) is 4.42 Å². The highest BCUT2D eigenvalue weighted by Crippen LogP contribution is 2.29. The first kappa shape index (κ1) is 20.6. The first-order valence-corrected chi connectivity index (χ1v) is 9.77. The lowest BCUT2D eigenvalue weighted by atomic mass is 10.0. The van der Waals surface area contributed by atoms with Crippen molar-refractivity contribution in [3.63, 3.8) is 0 Å². The zero-order valence-corrected chi connectivity index (χ0v) is 16.4. The molecule has 2 aromatic carbocycles. The van der Waals surface area contributed by atoms with Gasteiger partial charge < -0.3 is 14.6 Å². The molecule has 1 heterocycles. The van der Waals surface area contributed by atoms with Gasteiger partial charge in [-0.1, -0.05) is 43.7 Å². The molecule has 0 amide bonds. The molecule has 0 aliphatic rings. The topological polar surface area (TPSA) is 99.8 Å². The molecule has 6 heteroatoms. The highest BCUT2D eigenvalue weighted by atomic mass is 16.4. The fourth-order valence-electron chi connectivity index (χ4n) is 3.40. The molecule has 3 rings (SSSR count). The van der Waals surface area contributed by atoms with E-state index < -0.39 is 17.6 Å². The predicted octanol–water partition coefficient (Wildman–Crippen LogP) is 3.63. The van der Waals surface area contributed by atoms with Gasteiger partial charge in [-0.05, 0) is 42.5 Å². The number of carboxylic acids is 1. The molecule has 0 unspecified atom stereocenters. The molecule has 0 spiro atoms. The van der Waals surface area contributed by atoms with Crippen LogP contribution in [0.3, 0.4) is 0 Å². The zero-order chi connectivity index (χ0) is 20.8. The van der Waals surface area contributed by atoms with Crippen molar-refractivity contribution in [2.24, 2.45) is 0 Å². The summed E-state index contributed by atoms with van der Waals surface area (Å²) in [6, 6.07) is 13.3. The second-order valence-electron chi connectivity index (χ2n) is 7.10. The number of phenols is 1. The van der Waals surface area contributed by atoms with Crippen molar-refractivity contribution >= 4 is 16.9 Å². The Bertz CT molecular complexity index is 1040. The summed E-state index contributed by atoms with van der Waals surface area (Å²) in [5, 5.41) is 23.7. The van der Waals surface area contributed by atoms with Crippen LogP contribution >= 0.6 is 0 Å². The molecule has 0 aliphatic heterocycles. The maximum absolute atomic E-state index is 12.1. The van der Waals surface area contributed by atoms with Gasteiger partial charge in [-0.25, -0.2) is 4.79 Å². The zero-order valence-electron chi connectivity index (χ0n) is 16.4. The standard InChI is InChI=1S/C23H25NO5/c1-2-3-9-16-13-21(26)29-22-17(16)10-11-20(25)18(22)14-24-19(23(27)28)12-15-7-5-4-6-8-15/h4-8,10-11,13,19,24-25H,2-3,9,12,14H2,1H3,(H,27,28)/t19-/m1/s1. The van der Waals surface area contributed by atoms with Gasteiger partial charge in [-0.3, -0.25) is 10.1 Å². The van der Waals surface area contributed by atoms with Crippen LogP contribution in [0.1, 0.15) is 36.5 Å². The molecular weight excluding hydrogens is 370 g/mol. The molecule has 0 saturated heterocycles. The lowest BCUT2D eigenvalue weighted by Gasteiger charge is -2.16. The second-order valence-corrected chi connectivity index (χ2v) is 7.10. The van der Waals surface area contributed by atoms with E-state index in [0.717, 1.165) is 35.8 Å². The summed E-state index contributed by atoms with van der Waals surface area (Å²) in [5.74, 6) is -1.02. The molecular formula is C23H25NO5. The van der Waals surface area contributed by atoms with Gasteiger partial charge in [0.15, 0.2) is 0 Å². The summed E-state index contributed by atoms with van der Waals surface area (Å²) in [4.78, 5) is 23.8. The molecule has 0 saturated carbocycles. The molecule has 3 N–H and O–H groups in total. The third-order valence-electron chi connectivity index (χ3n) is 4.98. The van der Waals surface area contributed by atoms with Crippen molar-refractivity contribution in [3.8, 4) is 5.75 Å². The Morgan fingerprint density at radius 3 is 2.62 bits per heavy atom. The maximum Gasteiger partial charge on any atom is 0.336 e. The molecule has 1 aromatic heterocycles. The van der Waals surface area contributed by atoms with Crippen LogP contribution in [-0.2, 0) is 24.2 Å². The second kappa shape index (κ2) is 9.39. The minimum Gasteiger partial charge on any atom is -0.507 e. The average Bonchev–Trinajstić information content (AvgIpc) is 2.70. The number of phenolic OH excluding ortho intramolecular Hbond substituents is 1. The van der Waals surface area contributed by atoms with Gasteiger partial charge in [0.25, 0.3) is 0 Å². The molecule has 1 atom stereocenters. The van der Waals surface area contributed by atoms with E-state index >= 15 is 0 Å². The Balaban J connectivity index is 1.90. The number of aryl methyl sites for hydroxylation is 1. The number of nitrogens with one attached hydrogen (secondary N) is 1. The first-order valence-electron chi connectivity index (χ1n) is 9.77. The van der Waals surface area contributed by atoms with E-state index in [1.54, 1.807) is 12.1 Å². The first-order chi connectivity index (χ1) is 14.0. The van der Waals surface area contributed by atoms with Gasteiger partial charge in [-0.15, -0.1) is 0 Å². The summed E-state index contributed by atoms with van der Waals surface area (Å²) in [6.07, 6.45) is 2.97. The van der Waals surface area contributed by atoms with Crippen LogP contribution in [-0.4, -0.2) is 22.2 Å². The summed E-state index contributed by atoms with van der Waals surface area (Å²) in [5.41, 5.74) is 1.98. The molecule has 29 heavy (non-hydrogen) atoms. The Kier molecular flexibility index (Phi) is 6.67. The van der Waals surface area contributed by atoms with Gasteiger partial charge in [0, 0.05) is 18.0 Å². The van der Waals surface area contributed by atoms with Crippen LogP contribution in [0, 0.1) is 0 Å². The quantitative estimate of drug-likeness (QED) is 0.479. The number of hydrogen-bond acceptors (Lipinski definition) is 5. The van der Waals surface area contributed by atoms with Gasteiger partial charge in [0.2, 0.25) is 0 Å². The normalized spacial score (nSPS) is 12.2. The van der Waals surface area contributed by atoms with Crippen LogP contribution in [0.4, 0.5) is 0 Å². The fourth-order valence-corrected chi connectivity index (χ4v) is 3.40. The number of unbranched alkanes of at least 4 members (excludes halogenated alkanes) is 1. The number of carboxylic acid groups (broad SMARTS) is 1. The van der Waals surface area contributed by atoms with Crippen molar-refractivity contribution in [3.05, 3.63) is 75.6 Å². The third kappa shape index (κ3) is 5.03. The lowest BCUT2D eigenvalue weighted by Crippen LogP contribution is -2.38.